The molecule has 0 aromatic rings. The van der Waals surface area contributed by atoms with Crippen LogP contribution in [0, 0.1) is 0 Å². The molecule has 0 radical (unpaired) electrons. The molecular weight excluding hydrogens is 138 g/mol. The van der Waals surface area contributed by atoms with Crippen molar-refractivity contribution in [2.24, 2.45) is 0 Å². The predicted molar refractivity (Wildman–Crippen MR) is 47.1 cm³/mol. The van der Waals surface area contributed by atoms with Gasteiger partial charge in [-0.25, -0.2) is 0 Å². The number of nitrogens with one attached hydrogen (secondary N) is 1. The summed E-state index contributed by atoms with van der Waals surface area (Å²) in [5, 5.41) is 2.39. The molecule has 1 rings (SSSR count). The van der Waals surface area contributed by atoms with Gasteiger partial charge in [0.2, 0.25) is 5.91 Å². The van der Waals surface area contributed by atoms with Crippen LogP contribution in [-0.2, 0) is 4.79 Å². The van der Waals surface area contributed by atoms with E-state index in [1.807, 2.05) is 0 Å². The Balaban J connectivity index is 0.000000183. The summed E-state index contributed by atoms with van der Waals surface area (Å²) in [6.45, 7) is 4.46. The Labute approximate surface area is 68.7 Å². The number of hydrogen-bond acceptors (Lipinski definition) is 1. The molecule has 0 spiro atoms. The third-order valence-corrected chi connectivity index (χ3v) is 1.42. The van der Waals surface area contributed by atoms with Crippen molar-refractivity contribution < 1.29 is 4.79 Å². The minimum absolute atomic E-state index is 0.00463. The van der Waals surface area contributed by atoms with Crippen molar-refractivity contribution in [1.29, 1.82) is 0 Å². The highest BCUT2D eigenvalue weighted by molar-refractivity contribution is 5.93. The van der Waals surface area contributed by atoms with Gasteiger partial charge in [0.05, 0.1) is 0 Å². The summed E-state index contributed by atoms with van der Waals surface area (Å²) < 4.78 is 0. The Hall–Kier alpha value is -0.790. The topological polar surface area (TPSA) is 29.1 Å². The fraction of sp³-hybridized carbons (Fsp3) is 0.667. The van der Waals surface area contributed by atoms with Gasteiger partial charge in [-0.2, -0.15) is 0 Å². The Morgan fingerprint density at radius 2 is 1.64 bits per heavy atom. The molecule has 1 aliphatic rings. The zero-order valence-electron chi connectivity index (χ0n) is 7.39. The largest absolute Gasteiger partial charge is 0.329 e. The Morgan fingerprint density at radius 1 is 1.27 bits per heavy atom. The number of rotatable bonds is 3. The van der Waals surface area contributed by atoms with Gasteiger partial charge in [-0.1, -0.05) is 39.5 Å². The van der Waals surface area contributed by atoms with Crippen LogP contribution in [0.3, 0.4) is 0 Å². The third kappa shape index (κ3) is 7.10. The van der Waals surface area contributed by atoms with Crippen molar-refractivity contribution in [3.63, 3.8) is 0 Å². The van der Waals surface area contributed by atoms with Gasteiger partial charge in [-0.15, -0.1) is 0 Å². The van der Waals surface area contributed by atoms with E-state index in [0.717, 1.165) is 0 Å². The zero-order valence-corrected chi connectivity index (χ0v) is 7.39. The Bertz CT molecular complexity index is 126. The van der Waals surface area contributed by atoms with Gasteiger partial charge < -0.3 is 5.32 Å². The molecule has 0 aliphatic carbocycles. The van der Waals surface area contributed by atoms with E-state index < -0.39 is 0 Å². The summed E-state index contributed by atoms with van der Waals surface area (Å²) in [4.78, 5) is 9.70. The molecule has 0 fully saturated rings. The average Bonchev–Trinajstić information content (AvgIpc) is 1.98. The molecule has 11 heavy (non-hydrogen) atoms. The lowest BCUT2D eigenvalue weighted by Crippen LogP contribution is -2.22. The molecule has 2 heteroatoms. The monoisotopic (exact) mass is 155 g/mol. The molecule has 64 valence electrons. The molecule has 0 atom stereocenters. The Kier molecular flexibility index (Phi) is 6.79. The molecule has 0 aromatic carbocycles. The van der Waals surface area contributed by atoms with Crippen molar-refractivity contribution in [2.75, 3.05) is 0 Å². The lowest BCUT2D eigenvalue weighted by molar-refractivity contribution is -0.117. The molecule has 0 saturated carbocycles. The van der Waals surface area contributed by atoms with Gasteiger partial charge in [-0.3, -0.25) is 4.79 Å². The van der Waals surface area contributed by atoms with Gasteiger partial charge in [0.25, 0.3) is 0 Å². The van der Waals surface area contributed by atoms with Crippen LogP contribution in [0.25, 0.3) is 0 Å². The third-order valence-electron chi connectivity index (χ3n) is 1.42. The molecule has 0 aromatic heterocycles. The second-order valence-corrected chi connectivity index (χ2v) is 2.55. The first-order valence-electron chi connectivity index (χ1n) is 4.28. The SMILES string of the molecule is CCCCCC.O=C1C=CN1. The summed E-state index contributed by atoms with van der Waals surface area (Å²) in [6.07, 6.45) is 8.61. The van der Waals surface area contributed by atoms with E-state index in [0.29, 0.717) is 0 Å². The van der Waals surface area contributed by atoms with Gasteiger partial charge in [0.15, 0.2) is 0 Å². The first-order valence-corrected chi connectivity index (χ1v) is 4.28. The fourth-order valence-corrected chi connectivity index (χ4v) is 0.651. The smallest absolute Gasteiger partial charge is 0.249 e. The minimum atomic E-state index is 0.00463. The maximum absolute atomic E-state index is 9.70. The quantitative estimate of drug-likeness (QED) is 0.622. The van der Waals surface area contributed by atoms with Crippen molar-refractivity contribution in [3.05, 3.63) is 12.3 Å². The van der Waals surface area contributed by atoms with Crippen molar-refractivity contribution in [2.45, 2.75) is 39.5 Å². The van der Waals surface area contributed by atoms with Crippen LogP contribution in [-0.4, -0.2) is 5.91 Å². The molecule has 0 unspecified atom stereocenters. The maximum atomic E-state index is 9.70. The summed E-state index contributed by atoms with van der Waals surface area (Å²) in [7, 11) is 0. The standard InChI is InChI=1S/C6H14.C3H3NO/c1-3-5-6-4-2;5-3-1-2-4-3/h3-6H2,1-2H3;1-2H,(H,4,5). The van der Waals surface area contributed by atoms with Crippen molar-refractivity contribution >= 4 is 5.91 Å². The summed E-state index contributed by atoms with van der Waals surface area (Å²) >= 11 is 0. The van der Waals surface area contributed by atoms with E-state index in [2.05, 4.69) is 19.2 Å². The minimum Gasteiger partial charge on any atom is -0.329 e. The Morgan fingerprint density at radius 3 is 1.73 bits per heavy atom. The molecular formula is C9H17NO. The van der Waals surface area contributed by atoms with Gasteiger partial charge in [-0.05, 0) is 0 Å². The second kappa shape index (κ2) is 7.32. The highest BCUT2D eigenvalue weighted by atomic mass is 16.2. The lowest BCUT2D eigenvalue weighted by Gasteiger charge is -1.97. The molecule has 1 amide bonds. The van der Waals surface area contributed by atoms with Crippen LogP contribution in [0.2, 0.25) is 0 Å². The van der Waals surface area contributed by atoms with Gasteiger partial charge >= 0.3 is 0 Å². The first-order chi connectivity index (χ1) is 5.31. The van der Waals surface area contributed by atoms with E-state index in [9.17, 15) is 4.79 Å². The molecule has 0 saturated heterocycles. The molecule has 1 N–H and O–H groups in total. The number of unbranched alkanes of at least 4 members (excludes halogenated alkanes) is 3. The second-order valence-electron chi connectivity index (χ2n) is 2.55. The van der Waals surface area contributed by atoms with Crippen LogP contribution in [0.5, 0.6) is 0 Å². The van der Waals surface area contributed by atoms with Crippen LogP contribution in [0.4, 0.5) is 0 Å². The highest BCUT2D eigenvalue weighted by Crippen LogP contribution is 1.95. The van der Waals surface area contributed by atoms with E-state index in [4.69, 9.17) is 0 Å². The molecule has 0 bridgehead atoms. The number of carbonyl (C=O) groups excluding carboxylic acids is 1. The maximum Gasteiger partial charge on any atom is 0.249 e. The lowest BCUT2D eigenvalue weighted by atomic mass is 10.2. The highest BCUT2D eigenvalue weighted by Gasteiger charge is 1.95. The van der Waals surface area contributed by atoms with E-state index in [-0.39, 0.29) is 5.91 Å². The predicted octanol–water partition coefficient (Wildman–Crippen LogP) is 2.22. The summed E-state index contributed by atoms with van der Waals surface area (Å²) in [5.74, 6) is 0.00463. The van der Waals surface area contributed by atoms with E-state index >= 15 is 0 Å². The number of hydrogen-bond donors (Lipinski definition) is 1. The average molecular weight is 155 g/mol. The molecule has 1 heterocycles. The van der Waals surface area contributed by atoms with Crippen LogP contribution in [0.1, 0.15) is 39.5 Å². The van der Waals surface area contributed by atoms with Gasteiger partial charge in [0.1, 0.15) is 0 Å². The first kappa shape index (κ1) is 10.2. The van der Waals surface area contributed by atoms with E-state index in [1.54, 1.807) is 6.20 Å². The molecule has 1 aliphatic heterocycles. The fourth-order valence-electron chi connectivity index (χ4n) is 0.651. The van der Waals surface area contributed by atoms with Crippen LogP contribution >= 0.6 is 0 Å². The number of amides is 1. The summed E-state index contributed by atoms with van der Waals surface area (Å²) in [6, 6.07) is 0. The van der Waals surface area contributed by atoms with Crippen molar-refractivity contribution in [1.82, 2.24) is 5.32 Å². The molecule has 2 nitrogen and oxygen atoms in total. The van der Waals surface area contributed by atoms with Crippen LogP contribution in [0.15, 0.2) is 12.3 Å². The van der Waals surface area contributed by atoms with Gasteiger partial charge in [0, 0.05) is 12.3 Å². The number of carbonyl (C=O) groups is 1. The zero-order chi connectivity index (χ0) is 8.53. The van der Waals surface area contributed by atoms with Crippen molar-refractivity contribution in [3.8, 4) is 0 Å². The summed E-state index contributed by atoms with van der Waals surface area (Å²) in [5.41, 5.74) is 0. The van der Waals surface area contributed by atoms with Crippen LogP contribution < -0.4 is 5.32 Å². The normalized spacial score (nSPS) is 12.7. The van der Waals surface area contributed by atoms with E-state index in [1.165, 1.54) is 31.8 Å².